The number of rotatable bonds is 19. The van der Waals surface area contributed by atoms with Crippen molar-refractivity contribution in [1.29, 1.82) is 0 Å². The van der Waals surface area contributed by atoms with Gasteiger partial charge in [-0.25, -0.2) is 0 Å². The van der Waals surface area contributed by atoms with E-state index in [-0.39, 0.29) is 32.0 Å². The average Bonchev–Trinajstić information content (AvgIpc) is 3.00. The highest BCUT2D eigenvalue weighted by Gasteiger charge is 2.53. The van der Waals surface area contributed by atoms with Gasteiger partial charge in [-0.1, -0.05) is 0 Å². The Labute approximate surface area is 248 Å². The van der Waals surface area contributed by atoms with Crippen molar-refractivity contribution in [3.63, 3.8) is 0 Å². The topological polar surface area (TPSA) is 160 Å². The minimum Gasteiger partial charge on any atom is -0.394 e. The fourth-order valence-electron chi connectivity index (χ4n) is 5.68. The molecule has 250 valence electrons. The van der Waals surface area contributed by atoms with Crippen LogP contribution in [0.5, 0.6) is 0 Å². The summed E-state index contributed by atoms with van der Waals surface area (Å²) in [5.41, 5.74) is 0. The van der Waals surface area contributed by atoms with Crippen LogP contribution < -0.4 is 0 Å². The van der Waals surface area contributed by atoms with Crippen molar-refractivity contribution in [3.8, 4) is 0 Å². The lowest BCUT2D eigenvalue weighted by molar-refractivity contribution is -0.365. The maximum Gasteiger partial charge on any atom is 0.187 e. The molecule has 0 spiro atoms. The number of aliphatic hydroxyl groups is 2. The molecule has 2 aliphatic heterocycles. The second-order valence-electron chi connectivity index (χ2n) is 10.1. The predicted molar refractivity (Wildman–Crippen MR) is 145 cm³/mol. The SMILES string of the molecule is COC[C@H]1O[C@@H](OC[C@@H](O)[C@@H](OC)[C@H](OC)[C@H](CO)OC)[C@H](OC)[C@@H](OC)[C@@H]1O[C@@H]1O[C@@H](C)[C@H](OC)[C@@H](OC)[C@H]1OC. The highest BCUT2D eigenvalue weighted by atomic mass is 16.8. The van der Waals surface area contributed by atoms with E-state index in [1.54, 1.807) is 21.3 Å². The molecule has 14 atom stereocenters. The van der Waals surface area contributed by atoms with E-state index in [1.165, 1.54) is 42.7 Å². The van der Waals surface area contributed by atoms with Crippen LogP contribution in [0.1, 0.15) is 6.92 Å². The van der Waals surface area contributed by atoms with E-state index in [1.807, 2.05) is 6.92 Å². The van der Waals surface area contributed by atoms with Gasteiger partial charge in [0.25, 0.3) is 0 Å². The smallest absolute Gasteiger partial charge is 0.187 e. The van der Waals surface area contributed by atoms with Crippen molar-refractivity contribution < 1.29 is 71.8 Å². The van der Waals surface area contributed by atoms with Crippen molar-refractivity contribution in [1.82, 2.24) is 0 Å². The summed E-state index contributed by atoms with van der Waals surface area (Å²) in [5.74, 6) is 0. The third kappa shape index (κ3) is 8.77. The molecule has 0 aromatic heterocycles. The van der Waals surface area contributed by atoms with Crippen LogP contribution in [0.15, 0.2) is 0 Å². The van der Waals surface area contributed by atoms with Crippen LogP contribution in [-0.2, 0) is 61.6 Å². The fraction of sp³-hybridized carbons (Fsp3) is 1.00. The fourth-order valence-corrected chi connectivity index (χ4v) is 5.68. The highest BCUT2D eigenvalue weighted by Crippen LogP contribution is 2.34. The number of hydrogen-bond acceptors (Lipinski definition) is 15. The van der Waals surface area contributed by atoms with Gasteiger partial charge < -0.3 is 71.8 Å². The van der Waals surface area contributed by atoms with E-state index < -0.39 is 73.6 Å². The summed E-state index contributed by atoms with van der Waals surface area (Å²) in [7, 11) is 13.5. The van der Waals surface area contributed by atoms with Crippen molar-refractivity contribution in [3.05, 3.63) is 0 Å². The first-order chi connectivity index (χ1) is 20.2. The van der Waals surface area contributed by atoms with Crippen LogP contribution in [0, 0.1) is 0 Å². The van der Waals surface area contributed by atoms with Crippen LogP contribution in [0.4, 0.5) is 0 Å². The zero-order chi connectivity index (χ0) is 31.4. The molecular weight excluding hydrogens is 564 g/mol. The Kier molecular flexibility index (Phi) is 17.0. The Bertz CT molecular complexity index is 715. The maximum absolute atomic E-state index is 11.0. The van der Waals surface area contributed by atoms with Crippen molar-refractivity contribution in [2.45, 2.75) is 92.8 Å². The van der Waals surface area contributed by atoms with Gasteiger partial charge in [-0.2, -0.15) is 0 Å². The van der Waals surface area contributed by atoms with Crippen LogP contribution in [0.25, 0.3) is 0 Å². The molecule has 0 unspecified atom stereocenters. The minimum absolute atomic E-state index is 0.121. The molecule has 2 saturated heterocycles. The van der Waals surface area contributed by atoms with Gasteiger partial charge in [0.15, 0.2) is 12.6 Å². The lowest BCUT2D eigenvalue weighted by atomic mass is 9.96. The lowest BCUT2D eigenvalue weighted by Gasteiger charge is -2.49. The van der Waals surface area contributed by atoms with E-state index in [2.05, 4.69) is 0 Å². The summed E-state index contributed by atoms with van der Waals surface area (Å²) >= 11 is 0. The molecular formula is C27H52O15. The molecule has 15 heteroatoms. The van der Waals surface area contributed by atoms with Gasteiger partial charge in [0.2, 0.25) is 0 Å². The summed E-state index contributed by atoms with van der Waals surface area (Å²) < 4.78 is 75.3. The third-order valence-electron chi connectivity index (χ3n) is 7.83. The molecule has 2 heterocycles. The molecule has 42 heavy (non-hydrogen) atoms. The standard InChI is InChI=1S/C27H52O15/c1-14-18(32-4)22(35-7)25(38-10)27(40-14)42-21-17(13-30-2)41-26(24(37-9)23(21)36-8)39-12-15(29)19(33-5)20(34-6)16(11-28)31-3/h14-29H,11-13H2,1-10H3/t14-,15+,16-,17+,18-,19+,20+,21+,22+,23-,24+,25+,26+,27-/m0/s1. The summed E-state index contributed by atoms with van der Waals surface area (Å²) in [5, 5.41) is 20.6. The first-order valence-electron chi connectivity index (χ1n) is 13.8. The van der Waals surface area contributed by atoms with Gasteiger partial charge in [0.05, 0.1) is 25.9 Å². The molecule has 2 rings (SSSR count). The van der Waals surface area contributed by atoms with Gasteiger partial charge in [0.1, 0.15) is 67.1 Å². The number of ether oxygens (including phenoxy) is 13. The van der Waals surface area contributed by atoms with Gasteiger partial charge in [0, 0.05) is 64.0 Å². The van der Waals surface area contributed by atoms with E-state index in [0.29, 0.717) is 0 Å². The normalized spacial score (nSPS) is 36.9. The number of aliphatic hydroxyl groups excluding tert-OH is 2. The highest BCUT2D eigenvalue weighted by molar-refractivity contribution is 4.96. The lowest BCUT2D eigenvalue weighted by Crippen LogP contribution is -2.65. The maximum atomic E-state index is 11.0. The molecule has 0 bridgehead atoms. The first-order valence-corrected chi connectivity index (χ1v) is 13.8. The molecule has 0 aromatic rings. The average molecular weight is 617 g/mol. The van der Waals surface area contributed by atoms with Crippen molar-refractivity contribution in [2.75, 3.05) is 83.8 Å². The van der Waals surface area contributed by atoms with Crippen LogP contribution >= 0.6 is 0 Å². The van der Waals surface area contributed by atoms with Crippen molar-refractivity contribution >= 4 is 0 Å². The Morgan fingerprint density at radius 3 is 1.67 bits per heavy atom. The molecule has 0 amide bonds. The van der Waals surface area contributed by atoms with E-state index in [0.717, 1.165) is 0 Å². The predicted octanol–water partition coefficient (Wildman–Crippen LogP) is -1.02. The summed E-state index contributed by atoms with van der Waals surface area (Å²) in [4.78, 5) is 0. The molecule has 15 nitrogen and oxygen atoms in total. The van der Waals surface area contributed by atoms with Gasteiger partial charge in [-0.15, -0.1) is 0 Å². The van der Waals surface area contributed by atoms with Crippen LogP contribution in [-0.4, -0.2) is 180 Å². The summed E-state index contributed by atoms with van der Waals surface area (Å²) in [6, 6.07) is 0. The number of methoxy groups -OCH3 is 9. The van der Waals surface area contributed by atoms with Gasteiger partial charge in [-0.3, -0.25) is 0 Å². The Balaban J connectivity index is 2.25. The molecule has 2 aliphatic rings. The molecule has 0 aromatic carbocycles. The molecule has 0 saturated carbocycles. The molecule has 2 fully saturated rings. The monoisotopic (exact) mass is 616 g/mol. The van der Waals surface area contributed by atoms with Gasteiger partial charge in [-0.05, 0) is 6.92 Å². The number of hydrogen-bond donors (Lipinski definition) is 2. The van der Waals surface area contributed by atoms with Crippen molar-refractivity contribution in [2.24, 2.45) is 0 Å². The first kappa shape index (κ1) is 37.6. The minimum atomic E-state index is -1.18. The Hall–Kier alpha value is -0.600. The quantitative estimate of drug-likeness (QED) is 0.181. The van der Waals surface area contributed by atoms with Gasteiger partial charge >= 0.3 is 0 Å². The second kappa shape index (κ2) is 19.0. The van der Waals surface area contributed by atoms with Crippen LogP contribution in [0.3, 0.4) is 0 Å². The molecule has 2 N–H and O–H groups in total. The van der Waals surface area contributed by atoms with Crippen LogP contribution in [0.2, 0.25) is 0 Å². The largest absolute Gasteiger partial charge is 0.394 e. The van der Waals surface area contributed by atoms with E-state index in [9.17, 15) is 10.2 Å². The second-order valence-corrected chi connectivity index (χ2v) is 10.1. The third-order valence-corrected chi connectivity index (χ3v) is 7.83. The molecule has 0 radical (unpaired) electrons. The Morgan fingerprint density at radius 2 is 1.19 bits per heavy atom. The Morgan fingerprint density at radius 1 is 0.643 bits per heavy atom. The summed E-state index contributed by atoms with van der Waals surface area (Å²) in [6.07, 6.45) is -10.2. The zero-order valence-corrected chi connectivity index (χ0v) is 26.4. The summed E-state index contributed by atoms with van der Waals surface area (Å²) in [6.45, 7) is 1.43. The molecule has 0 aliphatic carbocycles. The zero-order valence-electron chi connectivity index (χ0n) is 26.4. The van der Waals surface area contributed by atoms with E-state index in [4.69, 9.17) is 61.6 Å². The van der Waals surface area contributed by atoms with E-state index >= 15 is 0 Å².